The van der Waals surface area contributed by atoms with Crippen LogP contribution >= 0.6 is 0 Å². The fraction of sp³-hybridized carbons (Fsp3) is 0.652. The lowest BCUT2D eigenvalue weighted by Crippen LogP contribution is -2.52. The molecule has 3 fully saturated rings. The molecule has 2 amide bonds. The van der Waals surface area contributed by atoms with E-state index in [0.29, 0.717) is 44.9 Å². The average Bonchev–Trinajstić information content (AvgIpc) is 3.38. The van der Waals surface area contributed by atoms with E-state index in [-0.39, 0.29) is 34.6 Å². The summed E-state index contributed by atoms with van der Waals surface area (Å²) in [4.78, 5) is 29.2. The summed E-state index contributed by atoms with van der Waals surface area (Å²) in [5.41, 5.74) is 0.304. The number of sulfonamides is 1. The molecule has 0 radical (unpaired) electrons. The van der Waals surface area contributed by atoms with Gasteiger partial charge in [0.2, 0.25) is 10.0 Å². The Morgan fingerprint density at radius 1 is 1.00 bits per heavy atom. The molecule has 182 valence electrons. The highest BCUT2D eigenvalue weighted by atomic mass is 32.2. The second-order valence-corrected chi connectivity index (χ2v) is 10.8. The predicted octanol–water partition coefficient (Wildman–Crippen LogP) is 1.72. The Hall–Kier alpha value is -2.17. The zero-order valence-corrected chi connectivity index (χ0v) is 20.2. The summed E-state index contributed by atoms with van der Waals surface area (Å²) in [5, 5.41) is 0. The lowest BCUT2D eigenvalue weighted by molar-refractivity contribution is -0.142. The number of rotatable bonds is 5. The van der Waals surface area contributed by atoms with Crippen molar-refractivity contribution in [3.63, 3.8) is 0 Å². The van der Waals surface area contributed by atoms with Crippen molar-refractivity contribution < 1.29 is 27.5 Å². The first kappa shape index (κ1) is 24.0. The van der Waals surface area contributed by atoms with E-state index in [0.717, 1.165) is 32.1 Å². The summed E-state index contributed by atoms with van der Waals surface area (Å²) in [6, 6.07) is 4.49. The van der Waals surface area contributed by atoms with E-state index >= 15 is 0 Å². The highest BCUT2D eigenvalue weighted by Gasteiger charge is 2.35. The first-order chi connectivity index (χ1) is 15.8. The normalized spacial score (nSPS) is 24.7. The van der Waals surface area contributed by atoms with Crippen LogP contribution in [-0.4, -0.2) is 92.9 Å². The Balaban J connectivity index is 1.49. The van der Waals surface area contributed by atoms with E-state index in [2.05, 4.69) is 0 Å². The molecule has 10 heteroatoms. The van der Waals surface area contributed by atoms with Gasteiger partial charge in [-0.1, -0.05) is 6.42 Å². The molecule has 3 aliphatic heterocycles. The summed E-state index contributed by atoms with van der Waals surface area (Å²) < 4.78 is 39.2. The summed E-state index contributed by atoms with van der Waals surface area (Å²) in [6.45, 7) is 4.67. The predicted molar refractivity (Wildman–Crippen MR) is 122 cm³/mol. The van der Waals surface area contributed by atoms with Gasteiger partial charge in [0.15, 0.2) is 0 Å². The van der Waals surface area contributed by atoms with Crippen LogP contribution in [0, 0.1) is 0 Å². The van der Waals surface area contributed by atoms with Crippen LogP contribution in [0.25, 0.3) is 0 Å². The maximum absolute atomic E-state index is 13.4. The molecule has 0 aromatic heterocycles. The van der Waals surface area contributed by atoms with E-state index in [9.17, 15) is 18.0 Å². The third-order valence-electron chi connectivity index (χ3n) is 6.82. The molecule has 0 saturated carbocycles. The number of piperidine rings is 1. The zero-order valence-electron chi connectivity index (χ0n) is 19.4. The largest absolute Gasteiger partial charge is 0.495 e. The second-order valence-electron chi connectivity index (χ2n) is 8.95. The lowest BCUT2D eigenvalue weighted by Gasteiger charge is -2.36. The second kappa shape index (κ2) is 9.99. The van der Waals surface area contributed by atoms with Crippen molar-refractivity contribution in [2.24, 2.45) is 0 Å². The molecule has 2 atom stereocenters. The molecule has 1 aromatic rings. The standard InChI is InChI=1S/C23H33N3O6S/c1-17-6-3-4-10-26(17)33(29,30)21-16-18(8-9-19(21)31-2)22(27)24-11-13-25(14-12-24)23(28)20-7-5-15-32-20/h8-9,16-17,20H,3-7,10-15H2,1-2H3. The quantitative estimate of drug-likeness (QED) is 0.638. The summed E-state index contributed by atoms with van der Waals surface area (Å²) in [5.74, 6) is -0.0191. The molecule has 2 unspecified atom stereocenters. The Morgan fingerprint density at radius 2 is 1.73 bits per heavy atom. The van der Waals surface area contributed by atoms with Crippen molar-refractivity contribution in [2.45, 2.75) is 56.1 Å². The van der Waals surface area contributed by atoms with Gasteiger partial charge in [0.25, 0.3) is 11.8 Å². The third-order valence-corrected chi connectivity index (χ3v) is 8.86. The number of hydrogen-bond acceptors (Lipinski definition) is 6. The molecule has 3 aliphatic rings. The van der Waals surface area contributed by atoms with E-state index in [1.807, 2.05) is 6.92 Å². The Kier molecular flexibility index (Phi) is 7.25. The number of carbonyl (C=O) groups excluding carboxylic acids is 2. The molecular weight excluding hydrogens is 446 g/mol. The van der Waals surface area contributed by atoms with Crippen molar-refractivity contribution in [3.8, 4) is 5.75 Å². The van der Waals surface area contributed by atoms with E-state index in [4.69, 9.17) is 9.47 Å². The molecule has 3 heterocycles. The van der Waals surface area contributed by atoms with Crippen LogP contribution in [0.5, 0.6) is 5.75 Å². The molecule has 9 nitrogen and oxygen atoms in total. The monoisotopic (exact) mass is 479 g/mol. The molecule has 1 aromatic carbocycles. The number of nitrogens with zero attached hydrogens (tertiary/aromatic N) is 3. The minimum Gasteiger partial charge on any atom is -0.495 e. The van der Waals surface area contributed by atoms with Gasteiger partial charge >= 0.3 is 0 Å². The van der Waals surface area contributed by atoms with Crippen LogP contribution in [0.15, 0.2) is 23.1 Å². The van der Waals surface area contributed by atoms with Crippen LogP contribution in [0.3, 0.4) is 0 Å². The highest BCUT2D eigenvalue weighted by molar-refractivity contribution is 7.89. The van der Waals surface area contributed by atoms with Gasteiger partial charge in [-0.3, -0.25) is 9.59 Å². The molecule has 3 saturated heterocycles. The van der Waals surface area contributed by atoms with Gasteiger partial charge in [-0.2, -0.15) is 4.31 Å². The molecule has 4 rings (SSSR count). The van der Waals surface area contributed by atoms with Crippen LogP contribution in [0.2, 0.25) is 0 Å². The Labute approximate surface area is 195 Å². The minimum atomic E-state index is -3.80. The lowest BCUT2D eigenvalue weighted by atomic mass is 10.1. The summed E-state index contributed by atoms with van der Waals surface area (Å²) >= 11 is 0. The van der Waals surface area contributed by atoms with Crippen LogP contribution in [0.1, 0.15) is 49.4 Å². The van der Waals surface area contributed by atoms with Gasteiger partial charge in [-0.25, -0.2) is 8.42 Å². The fourth-order valence-corrected chi connectivity index (χ4v) is 6.74. The summed E-state index contributed by atoms with van der Waals surface area (Å²) in [6.07, 6.45) is 3.92. The number of hydrogen-bond donors (Lipinski definition) is 0. The highest BCUT2D eigenvalue weighted by Crippen LogP contribution is 2.32. The van der Waals surface area contributed by atoms with Gasteiger partial charge < -0.3 is 19.3 Å². The van der Waals surface area contributed by atoms with Crippen LogP contribution in [0.4, 0.5) is 0 Å². The number of piperazine rings is 1. The van der Waals surface area contributed by atoms with Crippen molar-refractivity contribution >= 4 is 21.8 Å². The van der Waals surface area contributed by atoms with E-state index in [1.165, 1.54) is 17.5 Å². The Bertz CT molecular complexity index is 984. The van der Waals surface area contributed by atoms with Gasteiger partial charge in [-0.15, -0.1) is 0 Å². The van der Waals surface area contributed by atoms with Gasteiger partial charge in [0.05, 0.1) is 7.11 Å². The van der Waals surface area contributed by atoms with Crippen molar-refractivity contribution in [1.82, 2.24) is 14.1 Å². The first-order valence-corrected chi connectivity index (χ1v) is 13.2. The first-order valence-electron chi connectivity index (χ1n) is 11.7. The molecule has 0 aliphatic carbocycles. The van der Waals surface area contributed by atoms with E-state index < -0.39 is 10.0 Å². The van der Waals surface area contributed by atoms with Gasteiger partial charge in [-0.05, 0) is 50.8 Å². The molecule has 33 heavy (non-hydrogen) atoms. The molecule has 0 spiro atoms. The number of ether oxygens (including phenoxy) is 2. The maximum atomic E-state index is 13.4. The molecular formula is C23H33N3O6S. The van der Waals surface area contributed by atoms with Crippen LogP contribution in [-0.2, 0) is 19.6 Å². The van der Waals surface area contributed by atoms with Crippen molar-refractivity contribution in [3.05, 3.63) is 23.8 Å². The number of amides is 2. The number of methoxy groups -OCH3 is 1. The van der Waals surface area contributed by atoms with Gasteiger partial charge in [0.1, 0.15) is 16.7 Å². The SMILES string of the molecule is COc1ccc(C(=O)N2CCN(C(=O)C3CCCO3)CC2)cc1S(=O)(=O)N1CCCCC1C. The summed E-state index contributed by atoms with van der Waals surface area (Å²) in [7, 11) is -2.37. The zero-order chi connectivity index (χ0) is 23.6. The molecule has 0 N–H and O–H groups in total. The van der Waals surface area contributed by atoms with Crippen molar-refractivity contribution in [2.75, 3.05) is 46.4 Å². The Morgan fingerprint density at radius 3 is 2.36 bits per heavy atom. The average molecular weight is 480 g/mol. The molecule has 0 bridgehead atoms. The number of benzene rings is 1. The minimum absolute atomic E-state index is 0.00641. The smallest absolute Gasteiger partial charge is 0.254 e. The third kappa shape index (κ3) is 4.88. The topological polar surface area (TPSA) is 96.5 Å². The van der Waals surface area contributed by atoms with Crippen LogP contribution < -0.4 is 4.74 Å². The van der Waals surface area contributed by atoms with Crippen molar-refractivity contribution in [1.29, 1.82) is 0 Å². The maximum Gasteiger partial charge on any atom is 0.254 e. The van der Waals surface area contributed by atoms with E-state index in [1.54, 1.807) is 21.9 Å². The number of carbonyl (C=O) groups is 2. The van der Waals surface area contributed by atoms with Gasteiger partial charge in [0, 0.05) is 50.9 Å². The fourth-order valence-electron chi connectivity index (χ4n) is 4.86.